The van der Waals surface area contributed by atoms with Gasteiger partial charge in [-0.2, -0.15) is 0 Å². The lowest BCUT2D eigenvalue weighted by Crippen LogP contribution is -2.12. The minimum absolute atomic E-state index is 0.0108. The summed E-state index contributed by atoms with van der Waals surface area (Å²) >= 11 is 0. The van der Waals surface area contributed by atoms with Crippen LogP contribution in [0.5, 0.6) is 11.5 Å². The quantitative estimate of drug-likeness (QED) is 0.284. The van der Waals surface area contributed by atoms with Crippen molar-refractivity contribution in [3.63, 3.8) is 0 Å². The first-order valence-corrected chi connectivity index (χ1v) is 12.5. The standard InChI is InChI=1S/C32H34O6/c1-31(2,3)19-9-11-21-17(13-19)15-23(29(33)34)27(37-7)25(21)26-22-12-10-20(32(4,5)6)14-18(22)16-24(30(35)36)28(26)38-8/h9-16H,1-8H3,(H,33,34)(H,35,36). The molecule has 0 aromatic heterocycles. The van der Waals surface area contributed by atoms with Crippen LogP contribution in [0.2, 0.25) is 0 Å². The number of carboxylic acids is 2. The average Bonchev–Trinajstić information content (AvgIpc) is 2.84. The van der Waals surface area contributed by atoms with Gasteiger partial charge in [-0.15, -0.1) is 0 Å². The summed E-state index contributed by atoms with van der Waals surface area (Å²) in [6.07, 6.45) is 0. The average molecular weight is 515 g/mol. The van der Waals surface area contributed by atoms with Gasteiger partial charge in [-0.1, -0.05) is 77.9 Å². The van der Waals surface area contributed by atoms with Gasteiger partial charge >= 0.3 is 11.9 Å². The van der Waals surface area contributed by atoms with Crippen molar-refractivity contribution in [2.24, 2.45) is 0 Å². The Kier molecular flexibility index (Phi) is 6.64. The summed E-state index contributed by atoms with van der Waals surface area (Å²) in [5, 5.41) is 23.2. The molecule has 0 saturated carbocycles. The van der Waals surface area contributed by atoms with Crippen molar-refractivity contribution in [3.05, 3.63) is 70.8 Å². The van der Waals surface area contributed by atoms with Crippen molar-refractivity contribution < 1.29 is 29.3 Å². The highest BCUT2D eigenvalue weighted by Gasteiger charge is 2.28. The summed E-state index contributed by atoms with van der Waals surface area (Å²) in [6.45, 7) is 12.6. The smallest absolute Gasteiger partial charge is 0.339 e. The molecule has 6 heteroatoms. The Morgan fingerprint density at radius 1 is 0.605 bits per heavy atom. The Hall–Kier alpha value is -4.06. The lowest BCUT2D eigenvalue weighted by atomic mass is 9.82. The van der Waals surface area contributed by atoms with E-state index < -0.39 is 11.9 Å². The Morgan fingerprint density at radius 3 is 1.21 bits per heavy atom. The molecule has 0 fully saturated rings. The molecule has 0 aliphatic carbocycles. The third kappa shape index (κ3) is 4.55. The summed E-state index contributed by atoms with van der Waals surface area (Å²) in [5.74, 6) is -1.98. The van der Waals surface area contributed by atoms with E-state index in [4.69, 9.17) is 9.47 Å². The Labute approximate surface area is 222 Å². The highest BCUT2D eigenvalue weighted by atomic mass is 16.5. The van der Waals surface area contributed by atoms with Gasteiger partial charge in [0.25, 0.3) is 0 Å². The Bertz CT molecular complexity index is 1480. The van der Waals surface area contributed by atoms with E-state index in [1.807, 2.05) is 36.4 Å². The maximum Gasteiger partial charge on any atom is 0.339 e. The van der Waals surface area contributed by atoms with E-state index >= 15 is 0 Å². The van der Waals surface area contributed by atoms with Gasteiger partial charge < -0.3 is 19.7 Å². The van der Waals surface area contributed by atoms with Crippen LogP contribution in [0, 0.1) is 0 Å². The maximum absolute atomic E-state index is 12.4. The minimum atomic E-state index is -1.14. The van der Waals surface area contributed by atoms with Crippen molar-refractivity contribution in [2.45, 2.75) is 52.4 Å². The first kappa shape index (κ1) is 27.0. The van der Waals surface area contributed by atoms with Gasteiger partial charge in [0.05, 0.1) is 14.2 Å². The van der Waals surface area contributed by atoms with E-state index in [-0.39, 0.29) is 33.5 Å². The van der Waals surface area contributed by atoms with Crippen LogP contribution in [0.25, 0.3) is 32.7 Å². The summed E-state index contributed by atoms with van der Waals surface area (Å²) in [7, 11) is 2.85. The number of hydrogen-bond acceptors (Lipinski definition) is 4. The van der Waals surface area contributed by atoms with Gasteiger partial charge in [-0.3, -0.25) is 0 Å². The number of benzene rings is 4. The fraction of sp³-hybridized carbons (Fsp3) is 0.312. The Balaban J connectivity index is 2.29. The second-order valence-corrected chi connectivity index (χ2v) is 11.6. The van der Waals surface area contributed by atoms with E-state index in [1.54, 1.807) is 12.1 Å². The molecule has 0 unspecified atom stereocenters. The zero-order chi connectivity index (χ0) is 28.2. The molecule has 38 heavy (non-hydrogen) atoms. The third-order valence-corrected chi connectivity index (χ3v) is 7.04. The molecular formula is C32H34O6. The highest BCUT2D eigenvalue weighted by Crippen LogP contribution is 2.49. The minimum Gasteiger partial charge on any atom is -0.495 e. The van der Waals surface area contributed by atoms with Crippen LogP contribution in [0.1, 0.15) is 73.4 Å². The lowest BCUT2D eigenvalue weighted by Gasteiger charge is -2.24. The number of aromatic carboxylic acids is 2. The van der Waals surface area contributed by atoms with Gasteiger partial charge in [0.15, 0.2) is 0 Å². The van der Waals surface area contributed by atoms with Gasteiger partial charge in [0.1, 0.15) is 22.6 Å². The van der Waals surface area contributed by atoms with Crippen LogP contribution < -0.4 is 9.47 Å². The number of rotatable bonds is 5. The highest BCUT2D eigenvalue weighted by molar-refractivity contribution is 6.15. The predicted octanol–water partition coefficient (Wildman–Crippen LogP) is 7.67. The van der Waals surface area contributed by atoms with E-state index in [0.29, 0.717) is 21.9 Å². The normalized spacial score (nSPS) is 12.1. The molecule has 0 aliphatic rings. The van der Waals surface area contributed by atoms with Crippen LogP contribution in [-0.4, -0.2) is 36.4 Å². The first-order valence-electron chi connectivity index (χ1n) is 12.5. The fourth-order valence-electron chi connectivity index (χ4n) is 4.95. The molecule has 4 aromatic rings. The molecule has 0 saturated heterocycles. The van der Waals surface area contributed by atoms with E-state index in [0.717, 1.165) is 21.9 Å². The molecule has 0 spiro atoms. The molecule has 0 heterocycles. The summed E-state index contributed by atoms with van der Waals surface area (Å²) in [4.78, 5) is 24.9. The largest absolute Gasteiger partial charge is 0.495 e. The van der Waals surface area contributed by atoms with Gasteiger partial charge in [-0.25, -0.2) is 9.59 Å². The van der Waals surface area contributed by atoms with Crippen molar-refractivity contribution in [1.29, 1.82) is 0 Å². The molecule has 0 bridgehead atoms. The first-order chi connectivity index (χ1) is 17.7. The molecule has 2 N–H and O–H groups in total. The maximum atomic E-state index is 12.4. The molecule has 0 atom stereocenters. The van der Waals surface area contributed by atoms with Crippen molar-refractivity contribution in [3.8, 4) is 22.6 Å². The molecule has 6 nitrogen and oxygen atoms in total. The van der Waals surface area contributed by atoms with Crippen molar-refractivity contribution in [1.82, 2.24) is 0 Å². The predicted molar refractivity (Wildman–Crippen MR) is 151 cm³/mol. The lowest BCUT2D eigenvalue weighted by molar-refractivity contribution is 0.0682. The van der Waals surface area contributed by atoms with Crippen LogP contribution in [0.3, 0.4) is 0 Å². The van der Waals surface area contributed by atoms with Crippen LogP contribution in [-0.2, 0) is 10.8 Å². The zero-order valence-electron chi connectivity index (χ0n) is 23.1. The number of carbonyl (C=O) groups is 2. The van der Waals surface area contributed by atoms with Crippen molar-refractivity contribution in [2.75, 3.05) is 14.2 Å². The molecular weight excluding hydrogens is 480 g/mol. The molecule has 4 aromatic carbocycles. The van der Waals surface area contributed by atoms with Crippen molar-refractivity contribution >= 4 is 33.5 Å². The molecule has 4 rings (SSSR count). The SMILES string of the molecule is COc1c(C(=O)O)cc2cc(C(C)(C)C)ccc2c1-c1c(OC)c(C(=O)O)cc2cc(C(C)(C)C)ccc12. The van der Waals surface area contributed by atoms with Crippen LogP contribution in [0.4, 0.5) is 0 Å². The number of ether oxygens (including phenoxy) is 2. The summed E-state index contributed by atoms with van der Waals surface area (Å²) in [6, 6.07) is 15.1. The number of fused-ring (bicyclic) bond motifs is 2. The second-order valence-electron chi connectivity index (χ2n) is 11.6. The van der Waals surface area contributed by atoms with Crippen LogP contribution >= 0.6 is 0 Å². The Morgan fingerprint density at radius 2 is 0.947 bits per heavy atom. The molecule has 0 amide bonds. The van der Waals surface area contributed by atoms with E-state index in [1.165, 1.54) is 14.2 Å². The fourth-order valence-corrected chi connectivity index (χ4v) is 4.95. The molecule has 0 radical (unpaired) electrons. The third-order valence-electron chi connectivity index (χ3n) is 7.04. The molecule has 198 valence electrons. The van der Waals surface area contributed by atoms with Gasteiger partial charge in [0.2, 0.25) is 0 Å². The number of hydrogen-bond donors (Lipinski definition) is 2. The monoisotopic (exact) mass is 514 g/mol. The van der Waals surface area contributed by atoms with E-state index in [2.05, 4.69) is 41.5 Å². The van der Waals surface area contributed by atoms with Gasteiger partial charge in [0, 0.05) is 11.1 Å². The van der Waals surface area contributed by atoms with Gasteiger partial charge in [-0.05, 0) is 55.6 Å². The number of methoxy groups -OCH3 is 2. The van der Waals surface area contributed by atoms with Crippen LogP contribution in [0.15, 0.2) is 48.5 Å². The summed E-state index contributed by atoms with van der Waals surface area (Å²) < 4.78 is 11.5. The second kappa shape index (κ2) is 9.35. The molecule has 0 aliphatic heterocycles. The number of carboxylic acid groups (broad SMARTS) is 2. The van der Waals surface area contributed by atoms with E-state index in [9.17, 15) is 19.8 Å². The summed E-state index contributed by atoms with van der Waals surface area (Å²) in [5.41, 5.74) is 2.72. The zero-order valence-corrected chi connectivity index (χ0v) is 23.1. The topological polar surface area (TPSA) is 93.1 Å².